The van der Waals surface area contributed by atoms with E-state index in [4.69, 9.17) is 9.47 Å². The van der Waals surface area contributed by atoms with Crippen LogP contribution in [0.15, 0.2) is 23.6 Å². The lowest BCUT2D eigenvalue weighted by Crippen LogP contribution is -2.15. The highest BCUT2D eigenvalue weighted by Gasteiger charge is 2.18. The SMILES string of the molecule is COc1ccc(-c2nc(CS(=O)CC3CCCCC3)cs2)c(OC)c1. The minimum atomic E-state index is -0.831. The van der Waals surface area contributed by atoms with Crippen molar-refractivity contribution >= 4 is 22.1 Å². The Hall–Kier alpha value is -1.40. The second kappa shape index (κ2) is 8.81. The van der Waals surface area contributed by atoms with Crippen molar-refractivity contribution in [1.82, 2.24) is 4.98 Å². The van der Waals surface area contributed by atoms with Gasteiger partial charge in [-0.3, -0.25) is 4.21 Å². The van der Waals surface area contributed by atoms with Gasteiger partial charge >= 0.3 is 0 Å². The van der Waals surface area contributed by atoms with Crippen molar-refractivity contribution in [3.05, 3.63) is 29.3 Å². The topological polar surface area (TPSA) is 48.4 Å². The van der Waals surface area contributed by atoms with Crippen molar-refractivity contribution < 1.29 is 13.7 Å². The number of hydrogen-bond donors (Lipinski definition) is 0. The van der Waals surface area contributed by atoms with Crippen LogP contribution in [0.3, 0.4) is 0 Å². The molecule has 1 heterocycles. The second-order valence-corrected chi connectivity index (χ2v) is 8.82. The van der Waals surface area contributed by atoms with Gasteiger partial charge in [0, 0.05) is 28.0 Å². The molecule has 0 radical (unpaired) electrons. The number of ether oxygens (including phenoxy) is 2. The van der Waals surface area contributed by atoms with Gasteiger partial charge in [0.05, 0.1) is 31.2 Å². The number of hydrogen-bond acceptors (Lipinski definition) is 5. The monoisotopic (exact) mass is 379 g/mol. The van der Waals surface area contributed by atoms with Crippen LogP contribution in [-0.2, 0) is 16.6 Å². The van der Waals surface area contributed by atoms with Gasteiger partial charge in [-0.05, 0) is 30.9 Å². The molecule has 3 rings (SSSR count). The summed E-state index contributed by atoms with van der Waals surface area (Å²) in [5.41, 5.74) is 1.85. The van der Waals surface area contributed by atoms with E-state index in [-0.39, 0.29) is 0 Å². The Morgan fingerprint density at radius 3 is 2.72 bits per heavy atom. The fourth-order valence-electron chi connectivity index (χ4n) is 3.31. The van der Waals surface area contributed by atoms with Gasteiger partial charge in [0.1, 0.15) is 16.5 Å². The first-order valence-corrected chi connectivity index (χ1v) is 11.1. The summed E-state index contributed by atoms with van der Waals surface area (Å²) in [7, 11) is 2.45. The van der Waals surface area contributed by atoms with E-state index in [0.717, 1.165) is 33.5 Å². The Morgan fingerprint density at radius 1 is 1.20 bits per heavy atom. The zero-order chi connectivity index (χ0) is 17.6. The van der Waals surface area contributed by atoms with Crippen LogP contribution in [0.2, 0.25) is 0 Å². The molecule has 0 aliphatic heterocycles. The molecule has 0 saturated heterocycles. The summed E-state index contributed by atoms with van der Waals surface area (Å²) in [5.74, 6) is 3.49. The molecule has 6 heteroatoms. The molecule has 25 heavy (non-hydrogen) atoms. The van der Waals surface area contributed by atoms with E-state index < -0.39 is 10.8 Å². The lowest BCUT2D eigenvalue weighted by Gasteiger charge is -2.20. The van der Waals surface area contributed by atoms with E-state index >= 15 is 0 Å². The van der Waals surface area contributed by atoms with Gasteiger partial charge in [0.25, 0.3) is 0 Å². The van der Waals surface area contributed by atoms with Crippen LogP contribution in [0, 0.1) is 5.92 Å². The normalized spacial score (nSPS) is 16.6. The molecule has 0 bridgehead atoms. The number of rotatable bonds is 7. The molecule has 1 aromatic carbocycles. The summed E-state index contributed by atoms with van der Waals surface area (Å²) in [4.78, 5) is 4.68. The molecule has 1 fully saturated rings. The van der Waals surface area contributed by atoms with Gasteiger partial charge in [-0.1, -0.05) is 19.3 Å². The Labute approximate surface area is 156 Å². The van der Waals surface area contributed by atoms with Crippen molar-refractivity contribution in [2.75, 3.05) is 20.0 Å². The maximum absolute atomic E-state index is 12.5. The van der Waals surface area contributed by atoms with Gasteiger partial charge < -0.3 is 9.47 Å². The standard InChI is InChI=1S/C19H25NO3S2/c1-22-16-8-9-17(18(10-16)23-2)19-20-15(11-24-19)13-25(21)12-14-6-4-3-5-7-14/h8-11,14H,3-7,12-13H2,1-2H3. The van der Waals surface area contributed by atoms with Crippen LogP contribution in [0.25, 0.3) is 10.6 Å². The highest BCUT2D eigenvalue weighted by Crippen LogP contribution is 2.35. The van der Waals surface area contributed by atoms with Crippen LogP contribution in [0.4, 0.5) is 0 Å². The predicted octanol–water partition coefficient (Wildman–Crippen LogP) is 4.66. The molecular formula is C19H25NO3S2. The third-order valence-electron chi connectivity index (χ3n) is 4.65. The molecule has 2 aromatic rings. The van der Waals surface area contributed by atoms with Gasteiger partial charge in [-0.15, -0.1) is 11.3 Å². The predicted molar refractivity (Wildman–Crippen MR) is 104 cm³/mol. The number of aromatic nitrogens is 1. The smallest absolute Gasteiger partial charge is 0.132 e. The van der Waals surface area contributed by atoms with Crippen LogP contribution >= 0.6 is 11.3 Å². The number of thiazole rings is 1. The first-order valence-electron chi connectivity index (χ1n) is 8.71. The number of nitrogens with zero attached hydrogens (tertiary/aromatic N) is 1. The molecule has 1 unspecified atom stereocenters. The van der Waals surface area contributed by atoms with E-state index in [2.05, 4.69) is 4.98 Å². The number of methoxy groups -OCH3 is 2. The third kappa shape index (κ3) is 4.82. The lowest BCUT2D eigenvalue weighted by atomic mass is 9.91. The van der Waals surface area contributed by atoms with Crippen LogP contribution < -0.4 is 9.47 Å². The van der Waals surface area contributed by atoms with Crippen molar-refractivity contribution in [2.45, 2.75) is 37.9 Å². The quantitative estimate of drug-likeness (QED) is 0.702. The molecule has 1 atom stereocenters. The van der Waals surface area contributed by atoms with E-state index in [0.29, 0.717) is 11.7 Å². The molecule has 1 aliphatic rings. The van der Waals surface area contributed by atoms with E-state index in [9.17, 15) is 4.21 Å². The third-order valence-corrected chi connectivity index (χ3v) is 7.03. The Morgan fingerprint density at radius 2 is 2.00 bits per heavy atom. The lowest BCUT2D eigenvalue weighted by molar-refractivity contribution is 0.388. The first-order chi connectivity index (χ1) is 12.2. The first kappa shape index (κ1) is 18.4. The molecular weight excluding hydrogens is 354 g/mol. The zero-order valence-corrected chi connectivity index (χ0v) is 16.5. The minimum absolute atomic E-state index is 0.547. The van der Waals surface area contributed by atoms with Crippen molar-refractivity contribution in [3.8, 4) is 22.1 Å². The van der Waals surface area contributed by atoms with Crippen molar-refractivity contribution in [3.63, 3.8) is 0 Å². The average Bonchev–Trinajstić information content (AvgIpc) is 3.10. The molecule has 136 valence electrons. The molecule has 1 aromatic heterocycles. The fourth-order valence-corrected chi connectivity index (χ4v) is 5.72. The van der Waals surface area contributed by atoms with Crippen molar-refractivity contribution in [2.24, 2.45) is 5.92 Å². The summed E-state index contributed by atoms with van der Waals surface area (Å²) >= 11 is 1.57. The summed E-state index contributed by atoms with van der Waals surface area (Å²) in [6, 6.07) is 5.72. The summed E-state index contributed by atoms with van der Waals surface area (Å²) in [6.07, 6.45) is 6.39. The van der Waals surface area contributed by atoms with E-state index in [1.54, 1.807) is 25.6 Å². The van der Waals surface area contributed by atoms with E-state index in [1.807, 2.05) is 23.6 Å². The molecule has 1 saturated carbocycles. The fraction of sp³-hybridized carbons (Fsp3) is 0.526. The molecule has 0 amide bonds. The zero-order valence-electron chi connectivity index (χ0n) is 14.8. The summed E-state index contributed by atoms with van der Waals surface area (Å²) in [5, 5.41) is 2.90. The molecule has 0 N–H and O–H groups in total. The van der Waals surface area contributed by atoms with Crippen LogP contribution in [-0.4, -0.2) is 29.2 Å². The second-order valence-electron chi connectivity index (χ2n) is 6.47. The van der Waals surface area contributed by atoms with Crippen molar-refractivity contribution in [1.29, 1.82) is 0 Å². The molecule has 4 nitrogen and oxygen atoms in total. The Balaban J connectivity index is 1.67. The average molecular weight is 380 g/mol. The Bertz CT molecular complexity index is 723. The maximum atomic E-state index is 12.5. The van der Waals surface area contributed by atoms with Gasteiger partial charge in [0.2, 0.25) is 0 Å². The minimum Gasteiger partial charge on any atom is -0.497 e. The van der Waals surface area contributed by atoms with Gasteiger partial charge in [-0.25, -0.2) is 4.98 Å². The van der Waals surface area contributed by atoms with E-state index in [1.165, 1.54) is 32.1 Å². The van der Waals surface area contributed by atoms with Crippen LogP contribution in [0.5, 0.6) is 11.5 Å². The Kier molecular flexibility index (Phi) is 6.48. The van der Waals surface area contributed by atoms with Gasteiger partial charge in [-0.2, -0.15) is 0 Å². The maximum Gasteiger partial charge on any atom is 0.132 e. The highest BCUT2D eigenvalue weighted by atomic mass is 32.2. The van der Waals surface area contributed by atoms with Crippen LogP contribution in [0.1, 0.15) is 37.8 Å². The molecule has 0 spiro atoms. The largest absolute Gasteiger partial charge is 0.497 e. The number of benzene rings is 1. The highest BCUT2D eigenvalue weighted by molar-refractivity contribution is 7.84. The summed E-state index contributed by atoms with van der Waals surface area (Å²) in [6.45, 7) is 0. The summed E-state index contributed by atoms with van der Waals surface area (Å²) < 4.78 is 23.2. The molecule has 1 aliphatic carbocycles. The van der Waals surface area contributed by atoms with Gasteiger partial charge in [0.15, 0.2) is 0 Å².